The van der Waals surface area contributed by atoms with E-state index in [1.807, 2.05) is 19.1 Å². The fourth-order valence-corrected chi connectivity index (χ4v) is 4.10. The maximum Gasteiger partial charge on any atom is 0.257 e. The van der Waals surface area contributed by atoms with Crippen molar-refractivity contribution in [3.8, 4) is 0 Å². The molecule has 3 aromatic rings. The predicted octanol–water partition coefficient (Wildman–Crippen LogP) is 3.66. The van der Waals surface area contributed by atoms with Gasteiger partial charge in [-0.1, -0.05) is 23.7 Å². The number of nitrogens with one attached hydrogen (secondary N) is 2. The molecular weight excluding hydrogens is 466 g/mol. The number of amides is 2. The van der Waals surface area contributed by atoms with Gasteiger partial charge in [0.25, 0.3) is 11.8 Å². The molecule has 2 amide bonds. The second-order valence-corrected chi connectivity index (χ2v) is 8.84. The van der Waals surface area contributed by atoms with Crippen molar-refractivity contribution in [2.75, 3.05) is 54.9 Å². The van der Waals surface area contributed by atoms with Gasteiger partial charge in [-0.15, -0.1) is 0 Å². The van der Waals surface area contributed by atoms with E-state index in [0.717, 1.165) is 37.6 Å². The third-order valence-electron chi connectivity index (χ3n) is 5.95. The highest BCUT2D eigenvalue weighted by atomic mass is 35.5. The van der Waals surface area contributed by atoms with Crippen LogP contribution in [-0.4, -0.2) is 66.1 Å². The number of carbonyl (C=O) groups excluding carboxylic acids is 2. The van der Waals surface area contributed by atoms with Crippen molar-refractivity contribution in [1.29, 1.82) is 0 Å². The molecule has 0 unspecified atom stereocenters. The Balaban J connectivity index is 1.38. The Morgan fingerprint density at radius 3 is 2.43 bits per heavy atom. The smallest absolute Gasteiger partial charge is 0.257 e. The van der Waals surface area contributed by atoms with Crippen LogP contribution in [0, 0.1) is 6.92 Å². The molecule has 182 valence electrons. The number of aryl methyl sites for hydroxylation is 1. The Morgan fingerprint density at radius 1 is 0.971 bits per heavy atom. The lowest BCUT2D eigenvalue weighted by molar-refractivity contribution is 0.101. The zero-order valence-electron chi connectivity index (χ0n) is 19.5. The van der Waals surface area contributed by atoms with Crippen LogP contribution in [0.2, 0.25) is 5.02 Å². The molecule has 1 aromatic heterocycles. The number of piperazine rings is 1. The molecule has 0 atom stereocenters. The number of aliphatic hydroxyl groups is 1. The number of hydrogen-bond donors (Lipinski definition) is 3. The normalized spacial score (nSPS) is 14.0. The molecule has 1 saturated heterocycles. The van der Waals surface area contributed by atoms with Crippen molar-refractivity contribution < 1.29 is 14.7 Å². The first-order valence-corrected chi connectivity index (χ1v) is 11.8. The lowest BCUT2D eigenvalue weighted by Crippen LogP contribution is -2.47. The van der Waals surface area contributed by atoms with Crippen LogP contribution in [0.5, 0.6) is 0 Å². The average molecular weight is 494 g/mol. The van der Waals surface area contributed by atoms with Crippen LogP contribution < -0.4 is 15.5 Å². The first-order valence-electron chi connectivity index (χ1n) is 11.5. The van der Waals surface area contributed by atoms with Gasteiger partial charge in [0.2, 0.25) is 0 Å². The Hall–Kier alpha value is -3.46. The molecule has 35 heavy (non-hydrogen) atoms. The van der Waals surface area contributed by atoms with Crippen molar-refractivity contribution in [1.82, 2.24) is 9.88 Å². The van der Waals surface area contributed by atoms with Crippen LogP contribution in [0.15, 0.2) is 60.8 Å². The number of aromatic nitrogens is 1. The second kappa shape index (κ2) is 11.3. The van der Waals surface area contributed by atoms with Crippen molar-refractivity contribution in [3.63, 3.8) is 0 Å². The molecular formula is C26H28ClN5O3. The number of aliphatic hydroxyl groups excluding tert-OH is 1. The number of pyridine rings is 1. The molecule has 1 aliphatic heterocycles. The number of benzene rings is 2. The van der Waals surface area contributed by atoms with Crippen molar-refractivity contribution in [3.05, 3.63) is 82.5 Å². The number of carbonyl (C=O) groups is 2. The van der Waals surface area contributed by atoms with Gasteiger partial charge in [-0.25, -0.2) is 4.98 Å². The quantitative estimate of drug-likeness (QED) is 0.464. The SMILES string of the molecule is Cc1ccc(NC(=O)c2ccc(N3CCN(CCO)CC3)nc2)cc1NC(=O)c1cccc(Cl)c1. The van der Waals surface area contributed by atoms with Gasteiger partial charge in [0.05, 0.1) is 12.2 Å². The number of nitrogens with zero attached hydrogens (tertiary/aromatic N) is 3. The molecule has 0 bridgehead atoms. The van der Waals surface area contributed by atoms with Gasteiger partial charge < -0.3 is 20.6 Å². The predicted molar refractivity (Wildman–Crippen MR) is 139 cm³/mol. The van der Waals surface area contributed by atoms with Crippen molar-refractivity contribution in [2.24, 2.45) is 0 Å². The van der Waals surface area contributed by atoms with Crippen LogP contribution in [0.25, 0.3) is 0 Å². The minimum absolute atomic E-state index is 0.165. The number of halogens is 1. The number of rotatable bonds is 7. The zero-order valence-corrected chi connectivity index (χ0v) is 20.3. The van der Waals surface area contributed by atoms with E-state index in [2.05, 4.69) is 25.4 Å². The summed E-state index contributed by atoms with van der Waals surface area (Å²) >= 11 is 5.99. The summed E-state index contributed by atoms with van der Waals surface area (Å²) in [5, 5.41) is 15.3. The fourth-order valence-electron chi connectivity index (χ4n) is 3.91. The Bertz CT molecular complexity index is 1190. The zero-order chi connectivity index (χ0) is 24.8. The molecule has 0 saturated carbocycles. The van der Waals surface area contributed by atoms with E-state index in [0.29, 0.717) is 34.1 Å². The summed E-state index contributed by atoms with van der Waals surface area (Å²) in [6.07, 6.45) is 1.57. The van der Waals surface area contributed by atoms with Gasteiger partial charge in [0, 0.05) is 60.9 Å². The summed E-state index contributed by atoms with van der Waals surface area (Å²) in [7, 11) is 0. The van der Waals surface area contributed by atoms with E-state index >= 15 is 0 Å². The topological polar surface area (TPSA) is 97.8 Å². The molecule has 1 fully saturated rings. The van der Waals surface area contributed by atoms with E-state index < -0.39 is 0 Å². The second-order valence-electron chi connectivity index (χ2n) is 8.41. The summed E-state index contributed by atoms with van der Waals surface area (Å²) in [4.78, 5) is 34.3. The van der Waals surface area contributed by atoms with E-state index in [4.69, 9.17) is 16.7 Å². The largest absolute Gasteiger partial charge is 0.395 e. The molecule has 2 aromatic carbocycles. The molecule has 3 N–H and O–H groups in total. The van der Waals surface area contributed by atoms with Crippen LogP contribution >= 0.6 is 11.6 Å². The Morgan fingerprint density at radius 2 is 1.74 bits per heavy atom. The third-order valence-corrected chi connectivity index (χ3v) is 6.19. The van der Waals surface area contributed by atoms with Crippen LogP contribution in [0.3, 0.4) is 0 Å². The van der Waals surface area contributed by atoms with Gasteiger partial charge >= 0.3 is 0 Å². The molecule has 1 aliphatic rings. The summed E-state index contributed by atoms with van der Waals surface area (Å²) in [6, 6.07) is 15.7. The van der Waals surface area contributed by atoms with Crippen LogP contribution in [0.4, 0.5) is 17.2 Å². The molecule has 8 nitrogen and oxygen atoms in total. The lowest BCUT2D eigenvalue weighted by Gasteiger charge is -2.35. The van der Waals surface area contributed by atoms with Crippen LogP contribution in [-0.2, 0) is 0 Å². The first kappa shape index (κ1) is 24.7. The summed E-state index contributed by atoms with van der Waals surface area (Å²) in [5.74, 6) is 0.260. The Kier molecular flexibility index (Phi) is 7.97. The number of β-amino-alcohol motifs (C(OH)–C–C–N with tert-alkyl or cyclic N) is 1. The standard InChI is InChI=1S/C26H28ClN5O3/c1-18-5-7-22(16-23(18)30-25(34)19-3-2-4-21(27)15-19)29-26(35)20-6-8-24(28-17-20)32-11-9-31(10-12-32)13-14-33/h2-8,15-17,33H,9-14H2,1H3,(H,29,35)(H,30,34). The monoisotopic (exact) mass is 493 g/mol. The van der Waals surface area contributed by atoms with Crippen molar-refractivity contribution in [2.45, 2.75) is 6.92 Å². The summed E-state index contributed by atoms with van der Waals surface area (Å²) in [6.45, 7) is 6.12. The van der Waals surface area contributed by atoms with Gasteiger partial charge in [-0.3, -0.25) is 14.5 Å². The van der Waals surface area contributed by atoms with Gasteiger partial charge in [-0.05, 0) is 55.0 Å². The molecule has 0 aliphatic carbocycles. The fraction of sp³-hybridized carbons (Fsp3) is 0.269. The lowest BCUT2D eigenvalue weighted by atomic mass is 10.1. The maximum atomic E-state index is 12.8. The average Bonchev–Trinajstić information content (AvgIpc) is 2.87. The van der Waals surface area contributed by atoms with Crippen molar-refractivity contribution >= 4 is 40.6 Å². The van der Waals surface area contributed by atoms with Gasteiger partial charge in [0.1, 0.15) is 5.82 Å². The molecule has 4 rings (SSSR count). The van der Waals surface area contributed by atoms with Gasteiger partial charge in [0.15, 0.2) is 0 Å². The van der Waals surface area contributed by atoms with E-state index in [1.165, 1.54) is 0 Å². The number of anilines is 3. The Labute approximate surface area is 209 Å². The third kappa shape index (κ3) is 6.36. The molecule has 0 radical (unpaired) electrons. The number of hydrogen-bond acceptors (Lipinski definition) is 6. The highest BCUT2D eigenvalue weighted by Crippen LogP contribution is 2.23. The highest BCUT2D eigenvalue weighted by Gasteiger charge is 2.18. The summed E-state index contributed by atoms with van der Waals surface area (Å²) in [5.41, 5.74) is 2.92. The highest BCUT2D eigenvalue weighted by molar-refractivity contribution is 6.31. The minimum atomic E-state index is -0.284. The maximum absolute atomic E-state index is 12.8. The molecule has 2 heterocycles. The van der Waals surface area contributed by atoms with Gasteiger partial charge in [-0.2, -0.15) is 0 Å². The first-order chi connectivity index (χ1) is 16.9. The van der Waals surface area contributed by atoms with E-state index in [1.54, 1.807) is 48.7 Å². The van der Waals surface area contributed by atoms with E-state index in [9.17, 15) is 9.59 Å². The van der Waals surface area contributed by atoms with Crippen LogP contribution in [0.1, 0.15) is 26.3 Å². The minimum Gasteiger partial charge on any atom is -0.395 e. The molecule has 0 spiro atoms. The molecule has 9 heteroatoms. The summed E-state index contributed by atoms with van der Waals surface area (Å²) < 4.78 is 0. The van der Waals surface area contributed by atoms with E-state index in [-0.39, 0.29) is 18.4 Å².